The van der Waals surface area contributed by atoms with E-state index in [-0.39, 0.29) is 0 Å². The number of hydrogen-bond acceptors (Lipinski definition) is 2. The number of nitrogen functional groups attached to an aromatic ring is 1. The van der Waals surface area contributed by atoms with E-state index in [9.17, 15) is 0 Å². The van der Waals surface area contributed by atoms with E-state index in [4.69, 9.17) is 5.84 Å². The van der Waals surface area contributed by atoms with Gasteiger partial charge in [-0.15, -0.1) is 0 Å². The maximum Gasteiger partial charge on any atom is 0.0488 e. The van der Waals surface area contributed by atoms with Crippen LogP contribution in [0.3, 0.4) is 0 Å². The maximum absolute atomic E-state index is 5.26. The molecule has 0 atom stereocenters. The highest BCUT2D eigenvalue weighted by atomic mass is 79.9. The van der Waals surface area contributed by atoms with E-state index in [1.54, 1.807) is 0 Å². The fourth-order valence-corrected chi connectivity index (χ4v) is 1.46. The Kier molecular flexibility index (Phi) is 2.91. The predicted octanol–water partition coefficient (Wildman–Crippen LogP) is 2.30. The standard InChI is InChI=1S/C8H11BrN2/c1-2-6-5-7(11-10)3-4-8(6)9/h3-5,11H,2,10H2,1H3. The third-order valence-electron chi connectivity index (χ3n) is 1.59. The summed E-state index contributed by atoms with van der Waals surface area (Å²) in [5.41, 5.74) is 4.82. The first-order valence-electron chi connectivity index (χ1n) is 3.53. The third-order valence-corrected chi connectivity index (χ3v) is 2.37. The summed E-state index contributed by atoms with van der Waals surface area (Å²) in [6.07, 6.45) is 1.01. The number of nitrogens with one attached hydrogen (secondary N) is 1. The van der Waals surface area contributed by atoms with Gasteiger partial charge in [0.15, 0.2) is 0 Å². The second-order valence-corrected chi connectivity index (χ2v) is 3.16. The minimum atomic E-state index is 0.949. The zero-order chi connectivity index (χ0) is 8.27. The second-order valence-electron chi connectivity index (χ2n) is 2.30. The van der Waals surface area contributed by atoms with Gasteiger partial charge in [-0.1, -0.05) is 22.9 Å². The summed E-state index contributed by atoms with van der Waals surface area (Å²) < 4.78 is 1.14. The average Bonchev–Trinajstić information content (AvgIpc) is 2.05. The minimum Gasteiger partial charge on any atom is -0.324 e. The molecule has 0 bridgehead atoms. The number of halogens is 1. The first kappa shape index (κ1) is 8.56. The highest BCUT2D eigenvalue weighted by molar-refractivity contribution is 9.10. The van der Waals surface area contributed by atoms with E-state index in [0.29, 0.717) is 0 Å². The van der Waals surface area contributed by atoms with Crippen LogP contribution in [0, 0.1) is 0 Å². The zero-order valence-electron chi connectivity index (χ0n) is 6.39. The monoisotopic (exact) mass is 214 g/mol. The Bertz CT molecular complexity index is 248. The third kappa shape index (κ3) is 1.94. The van der Waals surface area contributed by atoms with Crippen LogP contribution >= 0.6 is 15.9 Å². The smallest absolute Gasteiger partial charge is 0.0488 e. The SMILES string of the molecule is CCc1cc(NN)ccc1Br. The molecule has 11 heavy (non-hydrogen) atoms. The van der Waals surface area contributed by atoms with Crippen molar-refractivity contribution in [3.8, 4) is 0 Å². The average molecular weight is 215 g/mol. The summed E-state index contributed by atoms with van der Waals surface area (Å²) in [4.78, 5) is 0. The number of aryl methyl sites for hydroxylation is 1. The van der Waals surface area contributed by atoms with Gasteiger partial charge < -0.3 is 5.43 Å². The van der Waals surface area contributed by atoms with Crippen molar-refractivity contribution < 1.29 is 0 Å². The van der Waals surface area contributed by atoms with E-state index in [0.717, 1.165) is 16.6 Å². The molecule has 60 valence electrons. The first-order valence-corrected chi connectivity index (χ1v) is 4.32. The van der Waals surface area contributed by atoms with Crippen molar-refractivity contribution in [2.75, 3.05) is 5.43 Å². The summed E-state index contributed by atoms with van der Waals surface area (Å²) in [7, 11) is 0. The van der Waals surface area contributed by atoms with Crippen molar-refractivity contribution in [1.29, 1.82) is 0 Å². The highest BCUT2D eigenvalue weighted by Crippen LogP contribution is 2.20. The topological polar surface area (TPSA) is 38.0 Å². The number of anilines is 1. The molecular weight excluding hydrogens is 204 g/mol. The van der Waals surface area contributed by atoms with Gasteiger partial charge in [0.1, 0.15) is 0 Å². The van der Waals surface area contributed by atoms with Crippen molar-refractivity contribution >= 4 is 21.6 Å². The summed E-state index contributed by atoms with van der Waals surface area (Å²) >= 11 is 3.45. The minimum absolute atomic E-state index is 0.949. The van der Waals surface area contributed by atoms with Gasteiger partial charge in [-0.3, -0.25) is 5.84 Å². The molecule has 0 saturated heterocycles. The van der Waals surface area contributed by atoms with E-state index in [1.807, 2.05) is 18.2 Å². The maximum atomic E-state index is 5.26. The lowest BCUT2D eigenvalue weighted by molar-refractivity contribution is 1.12. The summed E-state index contributed by atoms with van der Waals surface area (Å²) in [6.45, 7) is 2.11. The lowest BCUT2D eigenvalue weighted by Crippen LogP contribution is -2.06. The quantitative estimate of drug-likeness (QED) is 0.586. The summed E-state index contributed by atoms with van der Waals surface area (Å²) in [6, 6.07) is 5.96. The molecule has 0 aliphatic carbocycles. The molecule has 1 rings (SSSR count). The van der Waals surface area contributed by atoms with Gasteiger partial charge in [-0.2, -0.15) is 0 Å². The van der Waals surface area contributed by atoms with Gasteiger partial charge in [-0.05, 0) is 30.2 Å². The van der Waals surface area contributed by atoms with Crippen LogP contribution < -0.4 is 11.3 Å². The molecule has 1 aromatic rings. The molecule has 3 N–H and O–H groups in total. The van der Waals surface area contributed by atoms with Crippen molar-refractivity contribution in [2.24, 2.45) is 5.84 Å². The number of rotatable bonds is 2. The largest absolute Gasteiger partial charge is 0.324 e. The van der Waals surface area contributed by atoms with Crippen molar-refractivity contribution in [1.82, 2.24) is 0 Å². The lowest BCUT2D eigenvalue weighted by Gasteiger charge is -2.04. The van der Waals surface area contributed by atoms with Crippen molar-refractivity contribution in [3.05, 3.63) is 28.2 Å². The fraction of sp³-hybridized carbons (Fsp3) is 0.250. The predicted molar refractivity (Wildman–Crippen MR) is 51.3 cm³/mol. The Hall–Kier alpha value is -0.540. The molecule has 0 spiro atoms. The van der Waals surface area contributed by atoms with Crippen LogP contribution in [-0.2, 0) is 6.42 Å². The van der Waals surface area contributed by atoms with Crippen molar-refractivity contribution in [3.63, 3.8) is 0 Å². The van der Waals surface area contributed by atoms with E-state index in [2.05, 4.69) is 28.3 Å². The number of hydrogen-bond donors (Lipinski definition) is 2. The summed E-state index contributed by atoms with van der Waals surface area (Å²) in [5, 5.41) is 0. The Morgan fingerprint density at radius 2 is 2.27 bits per heavy atom. The molecular formula is C8H11BrN2. The fourth-order valence-electron chi connectivity index (χ4n) is 0.935. The molecule has 0 aliphatic heterocycles. The van der Waals surface area contributed by atoms with Crippen LogP contribution in [0.15, 0.2) is 22.7 Å². The molecule has 0 aliphatic rings. The van der Waals surface area contributed by atoms with Gasteiger partial charge in [0, 0.05) is 10.2 Å². The van der Waals surface area contributed by atoms with Crippen LogP contribution in [0.5, 0.6) is 0 Å². The number of benzene rings is 1. The van der Waals surface area contributed by atoms with E-state index in [1.165, 1.54) is 5.56 Å². The molecule has 2 nitrogen and oxygen atoms in total. The molecule has 0 saturated carbocycles. The van der Waals surface area contributed by atoms with Gasteiger partial charge in [-0.25, -0.2) is 0 Å². The van der Waals surface area contributed by atoms with Gasteiger partial charge >= 0.3 is 0 Å². The Morgan fingerprint density at radius 1 is 1.55 bits per heavy atom. The van der Waals surface area contributed by atoms with Gasteiger partial charge in [0.2, 0.25) is 0 Å². The number of nitrogens with two attached hydrogens (primary N) is 1. The molecule has 0 radical (unpaired) electrons. The molecule has 0 unspecified atom stereocenters. The Balaban J connectivity index is 3.02. The van der Waals surface area contributed by atoms with E-state index < -0.39 is 0 Å². The molecule has 3 heteroatoms. The van der Waals surface area contributed by atoms with Crippen LogP contribution in [0.2, 0.25) is 0 Å². The van der Waals surface area contributed by atoms with Crippen LogP contribution in [0.25, 0.3) is 0 Å². The summed E-state index contributed by atoms with van der Waals surface area (Å²) in [5.74, 6) is 5.26. The Labute approximate surface area is 74.9 Å². The van der Waals surface area contributed by atoms with Crippen LogP contribution in [0.4, 0.5) is 5.69 Å². The second kappa shape index (κ2) is 3.74. The van der Waals surface area contributed by atoms with E-state index >= 15 is 0 Å². The zero-order valence-corrected chi connectivity index (χ0v) is 7.98. The number of hydrazine groups is 1. The van der Waals surface area contributed by atoms with Crippen molar-refractivity contribution in [2.45, 2.75) is 13.3 Å². The molecule has 1 aromatic carbocycles. The molecule has 0 heterocycles. The lowest BCUT2D eigenvalue weighted by atomic mass is 10.1. The van der Waals surface area contributed by atoms with Gasteiger partial charge in [0.05, 0.1) is 0 Å². The first-order chi connectivity index (χ1) is 5.27. The molecule has 0 amide bonds. The van der Waals surface area contributed by atoms with Crippen LogP contribution in [-0.4, -0.2) is 0 Å². The van der Waals surface area contributed by atoms with Crippen LogP contribution in [0.1, 0.15) is 12.5 Å². The van der Waals surface area contributed by atoms with Gasteiger partial charge in [0.25, 0.3) is 0 Å². The highest BCUT2D eigenvalue weighted by Gasteiger charge is 1.97. The molecule has 0 fully saturated rings. The Morgan fingerprint density at radius 3 is 2.82 bits per heavy atom. The normalized spacial score (nSPS) is 9.73. The molecule has 0 aromatic heterocycles.